The molecule has 0 aliphatic carbocycles. The van der Waals surface area contributed by atoms with Gasteiger partial charge in [-0.15, -0.1) is 11.3 Å². The molecule has 6 nitrogen and oxygen atoms in total. The second-order valence-corrected chi connectivity index (χ2v) is 9.80. The average Bonchev–Trinajstić information content (AvgIpc) is 3.53. The Hall–Kier alpha value is -3.49. The zero-order valence-corrected chi connectivity index (χ0v) is 19.8. The minimum atomic E-state index is -0.829. The molecule has 4 aromatic rings. The molecule has 0 radical (unpaired) electrons. The van der Waals surface area contributed by atoms with Crippen LogP contribution in [0.3, 0.4) is 0 Å². The number of aryl methyl sites for hydroxylation is 2. The molecule has 0 spiro atoms. The summed E-state index contributed by atoms with van der Waals surface area (Å²) in [5, 5.41) is 13.1. The largest absolute Gasteiger partial charge is 0.503 e. The lowest BCUT2D eigenvalue weighted by Crippen LogP contribution is -2.30. The molecule has 166 valence electrons. The van der Waals surface area contributed by atoms with E-state index in [4.69, 9.17) is 9.72 Å². The van der Waals surface area contributed by atoms with E-state index in [9.17, 15) is 14.7 Å². The Morgan fingerprint density at radius 1 is 1.15 bits per heavy atom. The van der Waals surface area contributed by atoms with Crippen LogP contribution in [0.1, 0.15) is 32.4 Å². The number of Topliss-reactive ketones (excluding diaryl/α,β-unsaturated/α-hetero) is 1. The summed E-state index contributed by atoms with van der Waals surface area (Å²) < 4.78 is 6.32. The number of amides is 1. The van der Waals surface area contributed by atoms with Crippen LogP contribution in [0.5, 0.6) is 5.75 Å². The maximum absolute atomic E-state index is 13.4. The third-order valence-corrected chi connectivity index (χ3v) is 7.50. The number of carbonyl (C=O) groups is 2. The number of thiophene rings is 1. The molecule has 2 aromatic carbocycles. The van der Waals surface area contributed by atoms with Gasteiger partial charge in [0, 0.05) is 0 Å². The van der Waals surface area contributed by atoms with Crippen LogP contribution >= 0.6 is 22.7 Å². The Morgan fingerprint density at radius 3 is 2.70 bits per heavy atom. The summed E-state index contributed by atoms with van der Waals surface area (Å²) in [6, 6.07) is 13.9. The molecule has 1 aliphatic heterocycles. The number of nitrogens with zero attached hydrogens (tertiary/aromatic N) is 2. The second kappa shape index (κ2) is 8.13. The number of ketones is 1. The number of aliphatic hydroxyl groups is 1. The first-order valence-electron chi connectivity index (χ1n) is 10.3. The minimum Gasteiger partial charge on any atom is -0.503 e. The maximum atomic E-state index is 13.4. The van der Waals surface area contributed by atoms with Crippen LogP contribution in [-0.4, -0.2) is 28.9 Å². The standard InChI is InChI=1S/C25H20N2O4S2/c1-13-10-14(2)20-18(11-13)33-25(26-20)27-21(15-6-4-7-16(12-15)31-3)19(23(29)24(27)30)22(28)17-8-5-9-32-17/h4-12,21,29H,1-3H3/t21-/m1/s1. The summed E-state index contributed by atoms with van der Waals surface area (Å²) in [6.07, 6.45) is 0. The van der Waals surface area contributed by atoms with Crippen molar-refractivity contribution in [2.75, 3.05) is 12.0 Å². The van der Waals surface area contributed by atoms with E-state index >= 15 is 0 Å². The highest BCUT2D eigenvalue weighted by atomic mass is 32.1. The first-order valence-corrected chi connectivity index (χ1v) is 11.9. The first-order chi connectivity index (χ1) is 15.9. The number of aliphatic hydroxyl groups excluding tert-OH is 1. The third-order valence-electron chi connectivity index (χ3n) is 5.63. The number of carbonyl (C=O) groups excluding carboxylic acids is 2. The highest BCUT2D eigenvalue weighted by molar-refractivity contribution is 7.22. The molecule has 1 amide bonds. The van der Waals surface area contributed by atoms with Crippen molar-refractivity contribution >= 4 is 49.7 Å². The normalized spacial score (nSPS) is 16.2. The van der Waals surface area contributed by atoms with Gasteiger partial charge in [0.05, 0.1) is 33.8 Å². The number of aromatic nitrogens is 1. The Kier molecular flexibility index (Phi) is 5.26. The van der Waals surface area contributed by atoms with Crippen LogP contribution in [0.15, 0.2) is 65.2 Å². The van der Waals surface area contributed by atoms with Crippen molar-refractivity contribution in [3.63, 3.8) is 0 Å². The van der Waals surface area contributed by atoms with Crippen LogP contribution in [0.2, 0.25) is 0 Å². The molecule has 2 aromatic heterocycles. The fourth-order valence-corrected chi connectivity index (χ4v) is 6.01. The van der Waals surface area contributed by atoms with Crippen molar-refractivity contribution in [3.8, 4) is 5.75 Å². The first kappa shape index (κ1) is 21.4. The number of thiazole rings is 1. The van der Waals surface area contributed by atoms with E-state index in [1.807, 2.05) is 32.0 Å². The van der Waals surface area contributed by atoms with Gasteiger partial charge in [-0.2, -0.15) is 0 Å². The molecule has 0 fully saturated rings. The average molecular weight is 477 g/mol. The van der Waals surface area contributed by atoms with Crippen molar-refractivity contribution in [1.82, 2.24) is 4.98 Å². The molecule has 0 bridgehead atoms. The fourth-order valence-electron chi connectivity index (χ4n) is 4.16. The van der Waals surface area contributed by atoms with Crippen LogP contribution < -0.4 is 9.64 Å². The number of ether oxygens (including phenoxy) is 1. The predicted octanol–water partition coefficient (Wildman–Crippen LogP) is 5.77. The Balaban J connectivity index is 1.71. The number of methoxy groups -OCH3 is 1. The quantitative estimate of drug-likeness (QED) is 0.370. The lowest BCUT2D eigenvalue weighted by atomic mass is 9.95. The van der Waals surface area contributed by atoms with Gasteiger partial charge in [0.25, 0.3) is 5.91 Å². The van der Waals surface area contributed by atoms with Gasteiger partial charge >= 0.3 is 0 Å². The molecule has 0 saturated carbocycles. The third kappa shape index (κ3) is 3.51. The maximum Gasteiger partial charge on any atom is 0.296 e. The van der Waals surface area contributed by atoms with Crippen LogP contribution in [0.4, 0.5) is 5.13 Å². The molecule has 33 heavy (non-hydrogen) atoms. The van der Waals surface area contributed by atoms with Crippen molar-refractivity contribution in [1.29, 1.82) is 0 Å². The number of hydrogen-bond acceptors (Lipinski definition) is 7. The molecule has 1 atom stereocenters. The Morgan fingerprint density at radius 2 is 1.97 bits per heavy atom. The molecule has 1 N–H and O–H groups in total. The highest BCUT2D eigenvalue weighted by Gasteiger charge is 2.46. The summed E-state index contributed by atoms with van der Waals surface area (Å²) in [6.45, 7) is 3.99. The summed E-state index contributed by atoms with van der Waals surface area (Å²) in [4.78, 5) is 33.4. The van der Waals surface area contributed by atoms with Gasteiger partial charge in [-0.25, -0.2) is 4.98 Å². The summed E-state index contributed by atoms with van der Waals surface area (Å²) in [7, 11) is 1.56. The predicted molar refractivity (Wildman–Crippen MR) is 131 cm³/mol. The van der Waals surface area contributed by atoms with Gasteiger partial charge in [-0.3, -0.25) is 14.5 Å². The van der Waals surface area contributed by atoms with Crippen molar-refractivity contribution in [2.24, 2.45) is 0 Å². The summed E-state index contributed by atoms with van der Waals surface area (Å²) in [5.41, 5.74) is 3.60. The Labute approximate surface area is 198 Å². The molecule has 1 aliphatic rings. The lowest BCUT2D eigenvalue weighted by molar-refractivity contribution is -0.117. The SMILES string of the molecule is COc1cccc([C@@H]2C(C(=O)c3cccs3)=C(O)C(=O)N2c2nc3c(C)cc(C)cc3s2)c1. The number of fused-ring (bicyclic) bond motifs is 1. The molecule has 0 saturated heterocycles. The smallest absolute Gasteiger partial charge is 0.296 e. The molecular formula is C25H20N2O4S2. The monoisotopic (exact) mass is 476 g/mol. The number of hydrogen-bond donors (Lipinski definition) is 1. The molecular weight excluding hydrogens is 456 g/mol. The second-order valence-electron chi connectivity index (χ2n) is 7.85. The van der Waals surface area contributed by atoms with E-state index < -0.39 is 17.7 Å². The molecule has 5 rings (SSSR count). The van der Waals surface area contributed by atoms with E-state index in [1.54, 1.807) is 42.8 Å². The summed E-state index contributed by atoms with van der Waals surface area (Å²) in [5.74, 6) is -0.978. The van der Waals surface area contributed by atoms with E-state index in [2.05, 4.69) is 0 Å². The zero-order chi connectivity index (χ0) is 23.3. The molecule has 3 heterocycles. The molecule has 0 unspecified atom stereocenters. The number of benzene rings is 2. The van der Waals surface area contributed by atoms with E-state index in [-0.39, 0.29) is 11.4 Å². The van der Waals surface area contributed by atoms with E-state index in [0.717, 1.165) is 21.3 Å². The van der Waals surface area contributed by atoms with E-state index in [0.29, 0.717) is 21.3 Å². The van der Waals surface area contributed by atoms with Gasteiger partial charge in [0.1, 0.15) is 5.75 Å². The van der Waals surface area contributed by atoms with Crippen molar-refractivity contribution in [2.45, 2.75) is 19.9 Å². The topological polar surface area (TPSA) is 79.7 Å². The minimum absolute atomic E-state index is 0.0443. The lowest BCUT2D eigenvalue weighted by Gasteiger charge is -2.24. The van der Waals surface area contributed by atoms with Crippen molar-refractivity contribution in [3.05, 3.63) is 86.8 Å². The molecule has 8 heteroatoms. The van der Waals surface area contributed by atoms with Gasteiger partial charge in [0.15, 0.2) is 10.9 Å². The number of rotatable bonds is 5. The van der Waals surface area contributed by atoms with Crippen LogP contribution in [0, 0.1) is 13.8 Å². The van der Waals surface area contributed by atoms with Gasteiger partial charge in [-0.05, 0) is 60.2 Å². The highest BCUT2D eigenvalue weighted by Crippen LogP contribution is 2.45. The van der Waals surface area contributed by atoms with E-state index in [1.165, 1.54) is 27.6 Å². The van der Waals surface area contributed by atoms with Crippen molar-refractivity contribution < 1.29 is 19.4 Å². The van der Waals surface area contributed by atoms with Crippen LogP contribution in [-0.2, 0) is 4.79 Å². The summed E-state index contributed by atoms with van der Waals surface area (Å²) >= 11 is 2.63. The van der Waals surface area contributed by atoms with Gasteiger partial charge < -0.3 is 9.84 Å². The van der Waals surface area contributed by atoms with Gasteiger partial charge in [0.2, 0.25) is 5.78 Å². The number of anilines is 1. The fraction of sp³-hybridized carbons (Fsp3) is 0.160. The zero-order valence-electron chi connectivity index (χ0n) is 18.2. The van der Waals surface area contributed by atoms with Gasteiger partial charge in [-0.1, -0.05) is 35.6 Å². The Bertz CT molecular complexity index is 1440. The van der Waals surface area contributed by atoms with Crippen LogP contribution in [0.25, 0.3) is 10.2 Å².